The molecule has 5 heteroatoms. The van der Waals surface area contributed by atoms with Crippen molar-refractivity contribution in [2.24, 2.45) is 0 Å². The first-order valence-electron chi connectivity index (χ1n) is 12.6. The largest absolute Gasteiger partial charge is 0.481 e. The zero-order valence-electron chi connectivity index (χ0n) is 19.6. The second-order valence-electron chi connectivity index (χ2n) is 8.38. The van der Waals surface area contributed by atoms with E-state index in [-0.39, 0.29) is 12.4 Å². The topological polar surface area (TPSA) is 63.6 Å². The quantitative estimate of drug-likeness (QED) is 0.122. The molecule has 4 nitrogen and oxygen atoms in total. The van der Waals surface area contributed by atoms with Crippen LogP contribution >= 0.6 is 11.8 Å². The number of hydrogen-bond donors (Lipinski definition) is 1. The number of ether oxygens (including phenoxy) is 1. The van der Waals surface area contributed by atoms with Gasteiger partial charge in [-0.1, -0.05) is 110 Å². The Morgan fingerprint density at radius 3 is 1.47 bits per heavy atom. The summed E-state index contributed by atoms with van der Waals surface area (Å²) in [5, 5.41) is 8.54. The summed E-state index contributed by atoms with van der Waals surface area (Å²) in [4.78, 5) is 21.9. The van der Waals surface area contributed by atoms with E-state index < -0.39 is 5.97 Å². The lowest BCUT2D eigenvalue weighted by Crippen LogP contribution is -2.07. The maximum Gasteiger partial charge on any atom is 0.306 e. The third kappa shape index (κ3) is 25.3. The molecule has 1 N–H and O–H groups in total. The minimum Gasteiger partial charge on any atom is -0.481 e. The first-order chi connectivity index (χ1) is 14.7. The summed E-state index contributed by atoms with van der Waals surface area (Å²) < 4.78 is 5.23. The normalized spacial score (nSPS) is 11.0. The molecule has 0 aliphatic carbocycles. The van der Waals surface area contributed by atoms with Gasteiger partial charge in [0, 0.05) is 11.5 Å². The maximum absolute atomic E-state index is 11.6. The van der Waals surface area contributed by atoms with Gasteiger partial charge in [0.15, 0.2) is 0 Å². The monoisotopic (exact) mass is 444 g/mol. The van der Waals surface area contributed by atoms with Crippen molar-refractivity contribution in [3.05, 3.63) is 0 Å². The van der Waals surface area contributed by atoms with Gasteiger partial charge in [-0.25, -0.2) is 0 Å². The van der Waals surface area contributed by atoms with E-state index in [2.05, 4.69) is 6.92 Å². The molecule has 0 rings (SSSR count). The maximum atomic E-state index is 11.6. The molecule has 0 unspecified atom stereocenters. The van der Waals surface area contributed by atoms with E-state index in [0.29, 0.717) is 24.5 Å². The minimum absolute atomic E-state index is 0.152. The van der Waals surface area contributed by atoms with Crippen LogP contribution in [0.3, 0.4) is 0 Å². The number of rotatable bonds is 24. The third-order valence-electron chi connectivity index (χ3n) is 5.42. The van der Waals surface area contributed by atoms with Crippen LogP contribution in [0.4, 0.5) is 0 Å². The first-order valence-corrected chi connectivity index (χ1v) is 13.8. The molecule has 0 saturated heterocycles. The lowest BCUT2D eigenvalue weighted by molar-refractivity contribution is -0.143. The smallest absolute Gasteiger partial charge is 0.306 e. The molecule has 0 amide bonds. The summed E-state index contributed by atoms with van der Waals surface area (Å²) in [6.45, 7) is 2.80. The molecule has 0 aromatic heterocycles. The molecule has 0 aromatic rings. The number of unbranched alkanes of at least 4 members (excludes halogenated alkanes) is 16. The molecule has 178 valence electrons. The average Bonchev–Trinajstić information content (AvgIpc) is 2.72. The predicted molar refractivity (Wildman–Crippen MR) is 129 cm³/mol. The highest BCUT2D eigenvalue weighted by atomic mass is 32.2. The molecule has 0 spiro atoms. The number of carbonyl (C=O) groups excluding carboxylic acids is 1. The summed E-state index contributed by atoms with van der Waals surface area (Å²) in [5.74, 6) is 0.255. The van der Waals surface area contributed by atoms with Crippen molar-refractivity contribution < 1.29 is 19.4 Å². The fourth-order valence-electron chi connectivity index (χ4n) is 3.50. The minimum atomic E-state index is -0.788. The van der Waals surface area contributed by atoms with Crippen molar-refractivity contribution in [3.8, 4) is 0 Å². The molecule has 0 saturated carbocycles. The van der Waals surface area contributed by atoms with Crippen LogP contribution in [0, 0.1) is 0 Å². The lowest BCUT2D eigenvalue weighted by atomic mass is 10.0. The zero-order valence-corrected chi connectivity index (χ0v) is 20.5. The molecule has 0 bridgehead atoms. The van der Waals surface area contributed by atoms with Crippen LogP contribution in [-0.2, 0) is 14.3 Å². The van der Waals surface area contributed by atoms with Gasteiger partial charge in [-0.15, -0.1) is 0 Å². The van der Waals surface area contributed by atoms with E-state index in [9.17, 15) is 9.59 Å². The van der Waals surface area contributed by atoms with Gasteiger partial charge in [0.2, 0.25) is 0 Å². The number of thioether (sulfide) groups is 1. The highest BCUT2D eigenvalue weighted by molar-refractivity contribution is 7.99. The summed E-state index contributed by atoms with van der Waals surface area (Å²) in [6.07, 6.45) is 23.4. The Morgan fingerprint density at radius 2 is 1.03 bits per heavy atom. The second kappa shape index (κ2) is 24.6. The summed E-state index contributed by atoms with van der Waals surface area (Å²) in [5.41, 5.74) is 0. The molecule has 0 fully saturated rings. The van der Waals surface area contributed by atoms with Gasteiger partial charge in [-0.2, -0.15) is 11.8 Å². The molecular formula is C25H48O4S. The fraction of sp³-hybridized carbons (Fsp3) is 0.920. The van der Waals surface area contributed by atoms with E-state index in [1.807, 2.05) is 0 Å². The van der Waals surface area contributed by atoms with Crippen LogP contribution in [0.5, 0.6) is 0 Å². The molecule has 0 aromatic carbocycles. The average molecular weight is 445 g/mol. The molecule has 0 radical (unpaired) electrons. The molecular weight excluding hydrogens is 396 g/mol. The second-order valence-corrected chi connectivity index (χ2v) is 9.61. The van der Waals surface area contributed by atoms with E-state index in [1.54, 1.807) is 0 Å². The highest BCUT2D eigenvalue weighted by Crippen LogP contribution is 2.14. The predicted octanol–water partition coefficient (Wildman–Crippen LogP) is 7.78. The Hall–Kier alpha value is -0.710. The van der Waals surface area contributed by atoms with Crippen molar-refractivity contribution in [3.63, 3.8) is 0 Å². The number of esters is 1. The van der Waals surface area contributed by atoms with Gasteiger partial charge < -0.3 is 9.84 Å². The highest BCUT2D eigenvalue weighted by Gasteiger charge is 2.03. The number of carbonyl (C=O) groups is 2. The van der Waals surface area contributed by atoms with Crippen molar-refractivity contribution in [2.75, 3.05) is 18.1 Å². The molecule has 0 heterocycles. The van der Waals surface area contributed by atoms with E-state index >= 15 is 0 Å². The van der Waals surface area contributed by atoms with Crippen molar-refractivity contribution in [1.29, 1.82) is 0 Å². The summed E-state index contributed by atoms with van der Waals surface area (Å²) in [6, 6.07) is 0. The van der Waals surface area contributed by atoms with E-state index in [4.69, 9.17) is 9.84 Å². The molecule has 30 heavy (non-hydrogen) atoms. The fourth-order valence-corrected chi connectivity index (χ4v) is 4.34. The number of carboxylic acids is 1. The van der Waals surface area contributed by atoms with Gasteiger partial charge in [0.05, 0.1) is 19.4 Å². The Balaban J connectivity index is 3.12. The van der Waals surface area contributed by atoms with Crippen molar-refractivity contribution in [2.45, 2.75) is 129 Å². The van der Waals surface area contributed by atoms with Crippen LogP contribution in [0.2, 0.25) is 0 Å². The van der Waals surface area contributed by atoms with Crippen LogP contribution in [-0.4, -0.2) is 35.2 Å². The number of aliphatic carboxylic acids is 1. The first kappa shape index (κ1) is 29.3. The molecule has 0 aliphatic rings. The Kier molecular flexibility index (Phi) is 24.0. The molecule has 0 atom stereocenters. The Morgan fingerprint density at radius 1 is 0.633 bits per heavy atom. The number of carboxylic acid groups (broad SMARTS) is 1. The lowest BCUT2D eigenvalue weighted by Gasteiger charge is -2.05. The Bertz CT molecular complexity index is 387. The standard InChI is InChI=1S/C25H48O4S/c1-2-3-4-5-6-7-8-9-10-11-12-13-14-15-16-17-18-21-29-25(28)20-23-30-22-19-24(26)27/h2-23H2,1H3,(H,26,27). The summed E-state index contributed by atoms with van der Waals surface area (Å²) in [7, 11) is 0. The van der Waals surface area contributed by atoms with Gasteiger partial charge in [-0.05, 0) is 6.42 Å². The van der Waals surface area contributed by atoms with Crippen LogP contribution in [0.1, 0.15) is 129 Å². The van der Waals surface area contributed by atoms with Crippen molar-refractivity contribution >= 4 is 23.7 Å². The summed E-state index contributed by atoms with van der Waals surface area (Å²) >= 11 is 1.49. The van der Waals surface area contributed by atoms with Gasteiger partial charge in [-0.3, -0.25) is 9.59 Å². The van der Waals surface area contributed by atoms with Crippen LogP contribution < -0.4 is 0 Å². The van der Waals surface area contributed by atoms with E-state index in [1.165, 1.54) is 108 Å². The third-order valence-corrected chi connectivity index (χ3v) is 6.41. The van der Waals surface area contributed by atoms with Crippen LogP contribution in [0.15, 0.2) is 0 Å². The van der Waals surface area contributed by atoms with Crippen LogP contribution in [0.25, 0.3) is 0 Å². The van der Waals surface area contributed by atoms with Crippen molar-refractivity contribution in [1.82, 2.24) is 0 Å². The van der Waals surface area contributed by atoms with E-state index in [0.717, 1.165) is 12.8 Å². The zero-order chi connectivity index (χ0) is 22.1. The molecule has 0 aliphatic heterocycles. The van der Waals surface area contributed by atoms with Gasteiger partial charge in [0.1, 0.15) is 0 Å². The van der Waals surface area contributed by atoms with Gasteiger partial charge >= 0.3 is 11.9 Å². The Labute approximate surface area is 190 Å². The number of hydrogen-bond acceptors (Lipinski definition) is 4. The SMILES string of the molecule is CCCCCCCCCCCCCCCCCCCOC(=O)CCSCCC(=O)O. The van der Waals surface area contributed by atoms with Gasteiger partial charge in [0.25, 0.3) is 0 Å².